The minimum Gasteiger partial charge on any atom is -0.338 e. The molecule has 1 saturated heterocycles. The van der Waals surface area contributed by atoms with Crippen molar-refractivity contribution >= 4 is 17.5 Å². The number of halogens is 1. The molecule has 0 bridgehead atoms. The maximum Gasteiger partial charge on any atom is 0.253 e. The Morgan fingerprint density at radius 2 is 1.82 bits per heavy atom. The molecular weight excluding hydrogens is 376 g/mol. The first-order chi connectivity index (χ1) is 13.7. The summed E-state index contributed by atoms with van der Waals surface area (Å²) in [4.78, 5) is 21.2. The average Bonchev–Trinajstić information content (AvgIpc) is 3.15. The van der Waals surface area contributed by atoms with Crippen LogP contribution < -0.4 is 0 Å². The van der Waals surface area contributed by atoms with Gasteiger partial charge in [0.05, 0.1) is 6.54 Å². The van der Waals surface area contributed by atoms with E-state index in [-0.39, 0.29) is 5.91 Å². The van der Waals surface area contributed by atoms with E-state index in [0.29, 0.717) is 48.4 Å². The third-order valence-electron chi connectivity index (χ3n) is 4.81. The van der Waals surface area contributed by atoms with Crippen LogP contribution in [-0.4, -0.2) is 52.0 Å². The average molecular weight is 397 g/mol. The summed E-state index contributed by atoms with van der Waals surface area (Å²) in [5, 5.41) is 4.65. The van der Waals surface area contributed by atoms with E-state index in [1.807, 2.05) is 35.2 Å². The monoisotopic (exact) mass is 396 g/mol. The number of piperazine rings is 1. The molecule has 6 nitrogen and oxygen atoms in total. The zero-order valence-electron chi connectivity index (χ0n) is 15.4. The summed E-state index contributed by atoms with van der Waals surface area (Å²) in [5.74, 6) is 1.32. The molecule has 2 heterocycles. The molecule has 2 aromatic carbocycles. The van der Waals surface area contributed by atoms with Crippen LogP contribution in [0.2, 0.25) is 5.02 Å². The van der Waals surface area contributed by atoms with Gasteiger partial charge < -0.3 is 9.42 Å². The lowest BCUT2D eigenvalue weighted by atomic mass is 10.1. The molecule has 0 spiro atoms. The molecule has 7 heteroatoms. The van der Waals surface area contributed by atoms with Crippen molar-refractivity contribution < 1.29 is 9.32 Å². The van der Waals surface area contributed by atoms with E-state index in [1.54, 1.807) is 24.3 Å². The van der Waals surface area contributed by atoms with Crippen LogP contribution in [0, 0.1) is 0 Å². The number of amides is 1. The highest BCUT2D eigenvalue weighted by Gasteiger charge is 2.23. The molecule has 144 valence electrons. The van der Waals surface area contributed by atoms with E-state index in [0.717, 1.165) is 18.7 Å². The van der Waals surface area contributed by atoms with Gasteiger partial charge in [-0.05, 0) is 23.8 Å². The Kier molecular flexibility index (Phi) is 5.69. The first kappa shape index (κ1) is 18.7. The van der Waals surface area contributed by atoms with E-state index in [2.05, 4.69) is 15.0 Å². The number of carbonyl (C=O) groups is 1. The quantitative estimate of drug-likeness (QED) is 0.662. The fourth-order valence-electron chi connectivity index (χ4n) is 3.31. The van der Waals surface area contributed by atoms with Gasteiger partial charge in [0.1, 0.15) is 0 Å². The largest absolute Gasteiger partial charge is 0.338 e. The molecule has 0 N–H and O–H groups in total. The zero-order valence-corrected chi connectivity index (χ0v) is 16.2. The van der Waals surface area contributed by atoms with Gasteiger partial charge in [-0.25, -0.2) is 0 Å². The lowest BCUT2D eigenvalue weighted by Gasteiger charge is -2.34. The molecular formula is C21H21ClN4O2. The van der Waals surface area contributed by atoms with Crippen molar-refractivity contribution in [3.63, 3.8) is 0 Å². The third-order valence-corrected chi connectivity index (χ3v) is 5.04. The molecule has 0 saturated carbocycles. The van der Waals surface area contributed by atoms with Crippen molar-refractivity contribution in [3.8, 4) is 0 Å². The predicted molar refractivity (Wildman–Crippen MR) is 106 cm³/mol. The standard InChI is InChI=1S/C21H21ClN4O2/c22-18-8-4-7-17(14-18)21(27)26-11-9-25(10-12-26)15-20-23-19(24-28-20)13-16-5-2-1-3-6-16/h1-8,14H,9-13,15H2. The first-order valence-electron chi connectivity index (χ1n) is 9.30. The number of nitrogens with zero attached hydrogens (tertiary/aromatic N) is 4. The van der Waals surface area contributed by atoms with Crippen LogP contribution in [0.1, 0.15) is 27.6 Å². The van der Waals surface area contributed by atoms with Crippen molar-refractivity contribution in [2.75, 3.05) is 26.2 Å². The van der Waals surface area contributed by atoms with Crippen molar-refractivity contribution in [2.45, 2.75) is 13.0 Å². The van der Waals surface area contributed by atoms with Gasteiger partial charge in [-0.3, -0.25) is 9.69 Å². The van der Waals surface area contributed by atoms with Crippen LogP contribution in [0.25, 0.3) is 0 Å². The number of hydrogen-bond donors (Lipinski definition) is 0. The highest BCUT2D eigenvalue weighted by molar-refractivity contribution is 6.30. The summed E-state index contributed by atoms with van der Waals surface area (Å²) in [6.45, 7) is 3.46. The first-order valence-corrected chi connectivity index (χ1v) is 9.68. The Labute approximate surface area is 168 Å². The fraction of sp³-hybridized carbons (Fsp3) is 0.286. The minimum atomic E-state index is 0.0186. The van der Waals surface area contributed by atoms with Crippen LogP contribution in [0.4, 0.5) is 0 Å². The zero-order chi connectivity index (χ0) is 19.3. The number of carbonyl (C=O) groups excluding carboxylic acids is 1. The van der Waals surface area contributed by atoms with Gasteiger partial charge in [-0.2, -0.15) is 4.98 Å². The molecule has 1 fully saturated rings. The lowest BCUT2D eigenvalue weighted by molar-refractivity contribution is 0.0615. The molecule has 1 aliphatic heterocycles. The van der Waals surface area contributed by atoms with Crippen molar-refractivity contribution in [2.24, 2.45) is 0 Å². The summed E-state index contributed by atoms with van der Waals surface area (Å²) in [7, 11) is 0. The lowest BCUT2D eigenvalue weighted by Crippen LogP contribution is -2.48. The molecule has 3 aromatic rings. The molecule has 1 aliphatic rings. The summed E-state index contributed by atoms with van der Waals surface area (Å²) >= 11 is 5.99. The SMILES string of the molecule is O=C(c1cccc(Cl)c1)N1CCN(Cc2nc(Cc3ccccc3)no2)CC1. The smallest absolute Gasteiger partial charge is 0.253 e. The summed E-state index contributed by atoms with van der Waals surface area (Å²) in [5.41, 5.74) is 1.78. The summed E-state index contributed by atoms with van der Waals surface area (Å²) < 4.78 is 5.40. The molecule has 0 radical (unpaired) electrons. The maximum absolute atomic E-state index is 12.6. The van der Waals surface area contributed by atoms with Gasteiger partial charge in [0.25, 0.3) is 5.91 Å². The van der Waals surface area contributed by atoms with Gasteiger partial charge in [-0.15, -0.1) is 0 Å². The maximum atomic E-state index is 12.6. The van der Waals surface area contributed by atoms with Gasteiger partial charge in [0.2, 0.25) is 5.89 Å². The highest BCUT2D eigenvalue weighted by atomic mass is 35.5. The second kappa shape index (κ2) is 8.54. The second-order valence-electron chi connectivity index (χ2n) is 6.85. The van der Waals surface area contributed by atoms with Gasteiger partial charge in [-0.1, -0.05) is 53.2 Å². The molecule has 28 heavy (non-hydrogen) atoms. The normalized spacial score (nSPS) is 15.0. The van der Waals surface area contributed by atoms with Crippen molar-refractivity contribution in [3.05, 3.63) is 82.5 Å². The molecule has 0 aliphatic carbocycles. The Hall–Kier alpha value is -2.70. The van der Waals surface area contributed by atoms with E-state index < -0.39 is 0 Å². The topological polar surface area (TPSA) is 62.5 Å². The Balaban J connectivity index is 1.29. The minimum absolute atomic E-state index is 0.0186. The highest BCUT2D eigenvalue weighted by Crippen LogP contribution is 2.15. The van der Waals surface area contributed by atoms with Gasteiger partial charge in [0.15, 0.2) is 5.82 Å². The van der Waals surface area contributed by atoms with Crippen LogP contribution >= 0.6 is 11.6 Å². The van der Waals surface area contributed by atoms with E-state index >= 15 is 0 Å². The predicted octanol–water partition coefficient (Wildman–Crippen LogP) is 3.27. The van der Waals surface area contributed by atoms with E-state index in [9.17, 15) is 4.79 Å². The summed E-state index contributed by atoms with van der Waals surface area (Å²) in [6, 6.07) is 17.2. The number of benzene rings is 2. The molecule has 4 rings (SSSR count). The Morgan fingerprint density at radius 1 is 1.04 bits per heavy atom. The number of hydrogen-bond acceptors (Lipinski definition) is 5. The fourth-order valence-corrected chi connectivity index (χ4v) is 3.50. The molecule has 0 atom stereocenters. The van der Waals surface area contributed by atoms with Crippen LogP contribution in [0.3, 0.4) is 0 Å². The molecule has 1 aromatic heterocycles. The van der Waals surface area contributed by atoms with Crippen LogP contribution in [0.5, 0.6) is 0 Å². The molecule has 1 amide bonds. The summed E-state index contributed by atoms with van der Waals surface area (Å²) in [6.07, 6.45) is 0.659. The Morgan fingerprint density at radius 3 is 2.57 bits per heavy atom. The van der Waals surface area contributed by atoms with Crippen LogP contribution in [-0.2, 0) is 13.0 Å². The molecule has 0 unspecified atom stereocenters. The van der Waals surface area contributed by atoms with Crippen molar-refractivity contribution in [1.29, 1.82) is 0 Å². The van der Waals surface area contributed by atoms with E-state index in [1.165, 1.54) is 0 Å². The second-order valence-corrected chi connectivity index (χ2v) is 7.28. The third kappa shape index (κ3) is 4.58. The van der Waals surface area contributed by atoms with Gasteiger partial charge in [0, 0.05) is 43.2 Å². The number of aromatic nitrogens is 2. The van der Waals surface area contributed by atoms with E-state index in [4.69, 9.17) is 16.1 Å². The van der Waals surface area contributed by atoms with Gasteiger partial charge >= 0.3 is 0 Å². The Bertz CT molecular complexity index is 936. The van der Waals surface area contributed by atoms with Crippen molar-refractivity contribution in [1.82, 2.24) is 19.9 Å². The van der Waals surface area contributed by atoms with Crippen LogP contribution in [0.15, 0.2) is 59.1 Å². The number of rotatable bonds is 5.